The maximum atomic E-state index is 12.9. The Balaban J connectivity index is 1.78. The smallest absolute Gasteiger partial charge is 0.245 e. The summed E-state index contributed by atoms with van der Waals surface area (Å²) in [5.41, 5.74) is 8.89. The van der Waals surface area contributed by atoms with E-state index in [0.717, 1.165) is 11.4 Å². The molecule has 3 rings (SSSR count). The van der Waals surface area contributed by atoms with Gasteiger partial charge in [0.1, 0.15) is 11.9 Å². The number of hydrogen-bond donors (Lipinski definition) is 3. The van der Waals surface area contributed by atoms with Crippen LogP contribution in [0.15, 0.2) is 36.4 Å². The van der Waals surface area contributed by atoms with Crippen molar-refractivity contribution < 1.29 is 9.18 Å². The van der Waals surface area contributed by atoms with Gasteiger partial charge in [-0.15, -0.1) is 0 Å². The monoisotopic (exact) mass is 302 g/mol. The molecule has 0 bridgehead atoms. The van der Waals surface area contributed by atoms with Gasteiger partial charge in [0.2, 0.25) is 5.91 Å². The van der Waals surface area contributed by atoms with E-state index in [9.17, 15) is 9.18 Å². The number of amides is 1. The second-order valence-corrected chi connectivity index (χ2v) is 5.55. The zero-order chi connectivity index (χ0) is 15.7. The third-order valence-corrected chi connectivity index (χ3v) is 4.01. The van der Waals surface area contributed by atoms with Crippen molar-refractivity contribution in [1.29, 1.82) is 0 Å². The number of rotatable bonds is 3. The van der Waals surface area contributed by atoms with E-state index in [4.69, 9.17) is 0 Å². The summed E-state index contributed by atoms with van der Waals surface area (Å²) in [6, 6.07) is 9.45. The van der Waals surface area contributed by atoms with Crippen LogP contribution in [-0.4, -0.2) is 23.1 Å². The molecule has 2 unspecified atom stereocenters. The van der Waals surface area contributed by atoms with Gasteiger partial charge in [-0.1, -0.05) is 0 Å². The minimum absolute atomic E-state index is 0.00421. The second kappa shape index (κ2) is 5.90. The summed E-state index contributed by atoms with van der Waals surface area (Å²) in [7, 11) is 0. The Kier molecular flexibility index (Phi) is 3.96. The maximum Gasteiger partial charge on any atom is 0.245 e. The Morgan fingerprint density at radius 1 is 1.18 bits per heavy atom. The highest BCUT2D eigenvalue weighted by molar-refractivity contribution is 5.95. The van der Waals surface area contributed by atoms with E-state index in [-0.39, 0.29) is 17.8 Å². The van der Waals surface area contributed by atoms with Crippen molar-refractivity contribution in [3.05, 3.63) is 53.6 Å². The van der Waals surface area contributed by atoms with E-state index in [1.807, 2.05) is 26.0 Å². The fourth-order valence-electron chi connectivity index (χ4n) is 2.92. The number of hydrazine groups is 1. The third kappa shape index (κ3) is 2.75. The van der Waals surface area contributed by atoms with Crippen LogP contribution in [0.1, 0.15) is 17.4 Å². The molecule has 1 aliphatic heterocycles. The molecule has 2 heterocycles. The number of carbonyl (C=O) groups is 1. The van der Waals surface area contributed by atoms with Gasteiger partial charge < -0.3 is 9.88 Å². The molecule has 116 valence electrons. The third-order valence-electron chi connectivity index (χ3n) is 4.01. The van der Waals surface area contributed by atoms with E-state index >= 15 is 0 Å². The normalized spacial score (nSPS) is 21.0. The molecule has 0 spiro atoms. The summed E-state index contributed by atoms with van der Waals surface area (Å²) in [6.07, 6.45) is 0. The van der Waals surface area contributed by atoms with Gasteiger partial charge in [-0.2, -0.15) is 0 Å². The lowest BCUT2D eigenvalue weighted by atomic mass is 10.1. The number of benzene rings is 1. The molecule has 3 N–H and O–H groups in total. The Labute approximate surface area is 128 Å². The Bertz CT molecular complexity index is 660. The lowest BCUT2D eigenvalue weighted by Gasteiger charge is -2.22. The lowest BCUT2D eigenvalue weighted by Crippen LogP contribution is -2.43. The van der Waals surface area contributed by atoms with Crippen LogP contribution in [0.4, 0.5) is 10.1 Å². The van der Waals surface area contributed by atoms with Gasteiger partial charge in [-0.3, -0.25) is 10.2 Å². The lowest BCUT2D eigenvalue weighted by molar-refractivity contribution is -0.118. The molecule has 0 saturated carbocycles. The number of hydrogen-bond acceptors (Lipinski definition) is 3. The molecular weight excluding hydrogens is 283 g/mol. The van der Waals surface area contributed by atoms with Gasteiger partial charge in [-0.05, 0) is 50.2 Å². The first-order valence-corrected chi connectivity index (χ1v) is 7.25. The van der Waals surface area contributed by atoms with Crippen LogP contribution >= 0.6 is 0 Å². The summed E-state index contributed by atoms with van der Waals surface area (Å²) in [5, 5.41) is 2.82. The fourth-order valence-corrected chi connectivity index (χ4v) is 2.92. The molecule has 22 heavy (non-hydrogen) atoms. The second-order valence-electron chi connectivity index (χ2n) is 5.55. The first kappa shape index (κ1) is 14.7. The minimum atomic E-state index is -0.394. The van der Waals surface area contributed by atoms with E-state index in [1.54, 1.807) is 12.1 Å². The zero-order valence-electron chi connectivity index (χ0n) is 12.6. The highest BCUT2D eigenvalue weighted by atomic mass is 19.1. The van der Waals surface area contributed by atoms with Crippen LogP contribution in [0.2, 0.25) is 0 Å². The highest BCUT2D eigenvalue weighted by Gasteiger charge is 2.35. The van der Waals surface area contributed by atoms with Crippen LogP contribution < -0.4 is 16.2 Å². The zero-order valence-corrected chi connectivity index (χ0v) is 12.6. The van der Waals surface area contributed by atoms with E-state index in [1.165, 1.54) is 12.1 Å². The van der Waals surface area contributed by atoms with Crippen LogP contribution in [0.25, 0.3) is 0 Å². The molecule has 2 atom stereocenters. The average Bonchev–Trinajstić information content (AvgIpc) is 3.08. The number of anilines is 1. The van der Waals surface area contributed by atoms with Gasteiger partial charge in [0.25, 0.3) is 0 Å². The standard InChI is InChI=1S/C16H19FN4O/c1-10-3-4-11(2)21(10)14-9-18-20-15(14)16(22)19-13-7-5-12(17)6-8-13/h3-8,14-15,18,20H,9H2,1-2H3,(H,19,22). The van der Waals surface area contributed by atoms with Crippen molar-refractivity contribution in [3.63, 3.8) is 0 Å². The van der Waals surface area contributed by atoms with Crippen LogP contribution in [0.5, 0.6) is 0 Å². The SMILES string of the molecule is Cc1ccc(C)n1C1CNNC1C(=O)Nc1ccc(F)cc1. The first-order valence-electron chi connectivity index (χ1n) is 7.25. The summed E-state index contributed by atoms with van der Waals surface area (Å²) in [4.78, 5) is 12.5. The predicted molar refractivity (Wildman–Crippen MR) is 82.9 cm³/mol. The Morgan fingerprint density at radius 2 is 1.82 bits per heavy atom. The molecule has 1 fully saturated rings. The number of carbonyl (C=O) groups excluding carboxylic acids is 1. The predicted octanol–water partition coefficient (Wildman–Crippen LogP) is 1.90. The molecule has 1 amide bonds. The maximum absolute atomic E-state index is 12.9. The van der Waals surface area contributed by atoms with Crippen LogP contribution in [-0.2, 0) is 4.79 Å². The average molecular weight is 302 g/mol. The molecule has 1 aromatic heterocycles. The van der Waals surface area contributed by atoms with Gasteiger partial charge in [-0.25, -0.2) is 9.82 Å². The van der Waals surface area contributed by atoms with E-state index in [2.05, 4.69) is 20.7 Å². The van der Waals surface area contributed by atoms with E-state index in [0.29, 0.717) is 12.2 Å². The van der Waals surface area contributed by atoms with Crippen LogP contribution in [0, 0.1) is 19.7 Å². The molecule has 1 saturated heterocycles. The summed E-state index contributed by atoms with van der Waals surface area (Å²) in [6.45, 7) is 4.72. The molecule has 0 aliphatic carbocycles. The first-order chi connectivity index (χ1) is 10.6. The Morgan fingerprint density at radius 3 is 2.45 bits per heavy atom. The molecule has 0 radical (unpaired) electrons. The van der Waals surface area contributed by atoms with Crippen molar-refractivity contribution in [1.82, 2.24) is 15.4 Å². The number of nitrogens with one attached hydrogen (secondary N) is 3. The highest BCUT2D eigenvalue weighted by Crippen LogP contribution is 2.22. The van der Waals surface area contributed by atoms with Crippen molar-refractivity contribution >= 4 is 11.6 Å². The summed E-state index contributed by atoms with van der Waals surface area (Å²) >= 11 is 0. The van der Waals surface area contributed by atoms with Crippen LogP contribution in [0.3, 0.4) is 0 Å². The van der Waals surface area contributed by atoms with Gasteiger partial charge in [0.15, 0.2) is 0 Å². The van der Waals surface area contributed by atoms with Crippen molar-refractivity contribution in [2.24, 2.45) is 0 Å². The molecule has 6 heteroatoms. The van der Waals surface area contributed by atoms with Gasteiger partial charge >= 0.3 is 0 Å². The van der Waals surface area contributed by atoms with Gasteiger partial charge in [0.05, 0.1) is 6.04 Å². The molecule has 2 aromatic rings. The molecule has 5 nitrogen and oxygen atoms in total. The largest absolute Gasteiger partial charge is 0.343 e. The number of halogens is 1. The van der Waals surface area contributed by atoms with E-state index < -0.39 is 6.04 Å². The minimum Gasteiger partial charge on any atom is -0.343 e. The fraction of sp³-hybridized carbons (Fsp3) is 0.312. The quantitative estimate of drug-likeness (QED) is 0.811. The number of aromatic nitrogens is 1. The van der Waals surface area contributed by atoms with Crippen molar-refractivity contribution in [2.75, 3.05) is 11.9 Å². The van der Waals surface area contributed by atoms with Crippen molar-refractivity contribution in [2.45, 2.75) is 25.9 Å². The topological polar surface area (TPSA) is 58.1 Å². The summed E-state index contributed by atoms with van der Waals surface area (Å²) in [5.74, 6) is -0.468. The Hall–Kier alpha value is -2.18. The summed E-state index contributed by atoms with van der Waals surface area (Å²) < 4.78 is 15.1. The van der Waals surface area contributed by atoms with Gasteiger partial charge in [0, 0.05) is 23.6 Å². The molecule has 1 aromatic carbocycles. The van der Waals surface area contributed by atoms with Crippen molar-refractivity contribution in [3.8, 4) is 0 Å². The number of aryl methyl sites for hydroxylation is 2. The number of nitrogens with zero attached hydrogens (tertiary/aromatic N) is 1. The molecular formula is C16H19FN4O. The molecule has 1 aliphatic rings.